The lowest BCUT2D eigenvalue weighted by molar-refractivity contribution is 0.0687. The van der Waals surface area contributed by atoms with Crippen molar-refractivity contribution in [1.82, 2.24) is 24.8 Å². The van der Waals surface area contributed by atoms with Crippen molar-refractivity contribution in [1.29, 1.82) is 0 Å². The van der Waals surface area contributed by atoms with Crippen LogP contribution in [0.2, 0.25) is 0 Å². The highest BCUT2D eigenvalue weighted by Crippen LogP contribution is 2.38. The normalized spacial score (nSPS) is 19.7. The van der Waals surface area contributed by atoms with Gasteiger partial charge in [-0.15, -0.1) is 0 Å². The Hall–Kier alpha value is -2.22. The summed E-state index contributed by atoms with van der Waals surface area (Å²) in [4.78, 5) is 18.3. The lowest BCUT2D eigenvalue weighted by Crippen LogP contribution is -2.36. The van der Waals surface area contributed by atoms with Crippen LogP contribution in [-0.2, 0) is 25.9 Å². The Morgan fingerprint density at radius 3 is 2.88 bits per heavy atom. The number of carboxylic acids is 1. The first kappa shape index (κ1) is 17.2. The molecule has 0 amide bonds. The van der Waals surface area contributed by atoms with Crippen LogP contribution in [0.4, 0.5) is 0 Å². The van der Waals surface area contributed by atoms with Crippen molar-refractivity contribution in [2.24, 2.45) is 0 Å². The van der Waals surface area contributed by atoms with Gasteiger partial charge in [-0.1, -0.05) is 12.1 Å². The number of likely N-dealkylation sites (N-methyl/N-ethyl adjacent to an activating group) is 1. The molecule has 2 aliphatic rings. The van der Waals surface area contributed by atoms with Crippen LogP contribution in [-0.4, -0.2) is 49.0 Å². The minimum absolute atomic E-state index is 0.209. The van der Waals surface area contributed by atoms with Crippen LogP contribution in [0.15, 0.2) is 4.52 Å². The van der Waals surface area contributed by atoms with E-state index in [9.17, 15) is 9.90 Å². The van der Waals surface area contributed by atoms with E-state index in [0.717, 1.165) is 55.7 Å². The lowest BCUT2D eigenvalue weighted by Gasteiger charge is -2.30. The van der Waals surface area contributed by atoms with Crippen LogP contribution in [0.25, 0.3) is 0 Å². The third-order valence-electron chi connectivity index (χ3n) is 5.39. The molecule has 1 atom stereocenters. The summed E-state index contributed by atoms with van der Waals surface area (Å²) in [6.45, 7) is 3.43. The molecule has 2 heterocycles. The molecule has 140 valence electrons. The van der Waals surface area contributed by atoms with Gasteiger partial charge in [-0.05, 0) is 45.6 Å². The van der Waals surface area contributed by atoms with Crippen molar-refractivity contribution in [2.75, 3.05) is 7.05 Å². The molecular weight excluding hydrogens is 334 g/mol. The van der Waals surface area contributed by atoms with Crippen LogP contribution in [0.3, 0.4) is 0 Å². The van der Waals surface area contributed by atoms with E-state index in [1.54, 1.807) is 0 Å². The van der Waals surface area contributed by atoms with Crippen LogP contribution in [0, 0.1) is 0 Å². The van der Waals surface area contributed by atoms with Gasteiger partial charge >= 0.3 is 5.97 Å². The van der Waals surface area contributed by atoms with Crippen molar-refractivity contribution in [3.63, 3.8) is 0 Å². The molecule has 2 aromatic rings. The van der Waals surface area contributed by atoms with Crippen LogP contribution < -0.4 is 0 Å². The van der Waals surface area contributed by atoms with Gasteiger partial charge in [0.1, 0.15) is 0 Å². The van der Waals surface area contributed by atoms with Gasteiger partial charge in [0.15, 0.2) is 11.5 Å². The monoisotopic (exact) mass is 359 g/mol. The molecule has 0 spiro atoms. The van der Waals surface area contributed by atoms with Gasteiger partial charge in [0.25, 0.3) is 0 Å². The summed E-state index contributed by atoms with van der Waals surface area (Å²) in [7, 11) is 2.04. The summed E-state index contributed by atoms with van der Waals surface area (Å²) in [6.07, 6.45) is 5.76. The second-order valence-electron chi connectivity index (χ2n) is 7.43. The second-order valence-corrected chi connectivity index (χ2v) is 7.43. The third kappa shape index (κ3) is 3.25. The van der Waals surface area contributed by atoms with E-state index in [1.807, 2.05) is 11.7 Å². The molecular formula is C18H25N5O3. The van der Waals surface area contributed by atoms with Gasteiger partial charge in [0.2, 0.25) is 5.89 Å². The Morgan fingerprint density at radius 1 is 1.38 bits per heavy atom. The topological polar surface area (TPSA) is 97.3 Å². The molecule has 1 saturated carbocycles. The van der Waals surface area contributed by atoms with Gasteiger partial charge in [-0.25, -0.2) is 4.79 Å². The van der Waals surface area contributed by atoms with E-state index in [0.29, 0.717) is 24.8 Å². The predicted molar refractivity (Wildman–Crippen MR) is 93.0 cm³/mol. The highest BCUT2D eigenvalue weighted by molar-refractivity contribution is 5.87. The van der Waals surface area contributed by atoms with Gasteiger partial charge in [0, 0.05) is 29.8 Å². The molecule has 26 heavy (non-hydrogen) atoms. The molecule has 2 aliphatic carbocycles. The van der Waals surface area contributed by atoms with Gasteiger partial charge in [0.05, 0.1) is 6.54 Å². The molecule has 1 unspecified atom stereocenters. The lowest BCUT2D eigenvalue weighted by atomic mass is 9.90. The fraction of sp³-hybridized carbons (Fsp3) is 0.667. The standard InChI is InChI=1S/C18H25N5O3/c1-3-8-23-14-7-6-12(9-13(14)16(20-23)18(24)25)22(2)10-15-19-17(21-26-15)11-4-5-11/h11-12H,3-10H2,1-2H3,(H,24,25). The van der Waals surface area contributed by atoms with Crippen molar-refractivity contribution in [3.8, 4) is 0 Å². The zero-order chi connectivity index (χ0) is 18.3. The van der Waals surface area contributed by atoms with Crippen molar-refractivity contribution in [3.05, 3.63) is 28.7 Å². The Kier molecular flexibility index (Phi) is 4.52. The third-order valence-corrected chi connectivity index (χ3v) is 5.39. The Morgan fingerprint density at radius 2 is 2.19 bits per heavy atom. The minimum atomic E-state index is -0.939. The van der Waals surface area contributed by atoms with Gasteiger partial charge in [-0.2, -0.15) is 10.1 Å². The number of aryl methyl sites for hydroxylation is 1. The summed E-state index contributed by atoms with van der Waals surface area (Å²) >= 11 is 0. The number of carboxylic acid groups (broad SMARTS) is 1. The van der Waals surface area contributed by atoms with Crippen LogP contribution in [0.1, 0.15) is 72.0 Å². The van der Waals surface area contributed by atoms with Crippen molar-refractivity contribution >= 4 is 5.97 Å². The minimum Gasteiger partial charge on any atom is -0.476 e. The number of aromatic nitrogens is 4. The molecule has 0 saturated heterocycles. The molecule has 0 aromatic carbocycles. The maximum absolute atomic E-state index is 11.6. The molecule has 2 aromatic heterocycles. The largest absolute Gasteiger partial charge is 0.476 e. The first-order chi connectivity index (χ1) is 12.6. The molecule has 0 radical (unpaired) electrons. The number of carbonyl (C=O) groups is 1. The number of rotatable bonds is 7. The van der Waals surface area contributed by atoms with E-state index in [2.05, 4.69) is 27.1 Å². The quantitative estimate of drug-likeness (QED) is 0.809. The van der Waals surface area contributed by atoms with Crippen molar-refractivity contribution < 1.29 is 14.4 Å². The number of fused-ring (bicyclic) bond motifs is 1. The molecule has 0 bridgehead atoms. The average molecular weight is 359 g/mol. The van der Waals surface area contributed by atoms with Crippen molar-refractivity contribution in [2.45, 2.75) is 70.5 Å². The zero-order valence-electron chi connectivity index (χ0n) is 15.3. The first-order valence-electron chi connectivity index (χ1n) is 9.41. The number of hydrogen-bond acceptors (Lipinski definition) is 6. The molecule has 1 fully saturated rings. The van der Waals surface area contributed by atoms with Crippen LogP contribution in [0.5, 0.6) is 0 Å². The Bertz CT molecular complexity index is 808. The Balaban J connectivity index is 1.48. The molecule has 1 N–H and O–H groups in total. The fourth-order valence-electron chi connectivity index (χ4n) is 3.80. The number of hydrogen-bond donors (Lipinski definition) is 1. The van der Waals surface area contributed by atoms with E-state index < -0.39 is 5.97 Å². The van der Waals surface area contributed by atoms with E-state index in [-0.39, 0.29) is 11.7 Å². The van der Waals surface area contributed by atoms with E-state index >= 15 is 0 Å². The number of aromatic carboxylic acids is 1. The predicted octanol–water partition coefficient (Wildman–Crippen LogP) is 2.24. The fourth-order valence-corrected chi connectivity index (χ4v) is 3.80. The highest BCUT2D eigenvalue weighted by atomic mass is 16.5. The molecule has 0 aliphatic heterocycles. The summed E-state index contributed by atoms with van der Waals surface area (Å²) < 4.78 is 7.27. The maximum atomic E-state index is 11.6. The second kappa shape index (κ2) is 6.83. The average Bonchev–Trinajstić information content (AvgIpc) is 3.26. The molecule has 4 rings (SSSR count). The highest BCUT2D eigenvalue weighted by Gasteiger charge is 2.32. The van der Waals surface area contributed by atoms with E-state index in [1.165, 1.54) is 0 Å². The van der Waals surface area contributed by atoms with Crippen LogP contribution >= 0.6 is 0 Å². The Labute approximate surface area is 152 Å². The maximum Gasteiger partial charge on any atom is 0.356 e. The smallest absolute Gasteiger partial charge is 0.356 e. The summed E-state index contributed by atoms with van der Waals surface area (Å²) in [5, 5.41) is 17.9. The first-order valence-corrected chi connectivity index (χ1v) is 9.41. The zero-order valence-corrected chi connectivity index (χ0v) is 15.3. The molecule has 8 heteroatoms. The summed E-state index contributed by atoms with van der Waals surface area (Å²) in [5.41, 5.74) is 2.18. The van der Waals surface area contributed by atoms with E-state index in [4.69, 9.17) is 4.52 Å². The molecule has 8 nitrogen and oxygen atoms in total. The summed E-state index contributed by atoms with van der Waals surface area (Å²) in [5.74, 6) is 1.01. The van der Waals surface area contributed by atoms with Gasteiger partial charge < -0.3 is 9.63 Å². The number of nitrogens with zero attached hydrogens (tertiary/aromatic N) is 5. The SMILES string of the molecule is CCCn1nc(C(=O)O)c2c1CCC(N(C)Cc1nc(C3CC3)no1)C2. The van der Waals surface area contributed by atoms with Gasteiger partial charge in [-0.3, -0.25) is 9.58 Å². The summed E-state index contributed by atoms with van der Waals surface area (Å²) in [6, 6.07) is 0.246.